The van der Waals surface area contributed by atoms with Crippen LogP contribution < -0.4 is 0 Å². The lowest BCUT2D eigenvalue weighted by atomic mass is 9.92. The number of piperidine rings is 1. The van der Waals surface area contributed by atoms with E-state index in [4.69, 9.17) is 9.97 Å². The zero-order chi connectivity index (χ0) is 17.0. The summed E-state index contributed by atoms with van der Waals surface area (Å²) in [6.07, 6.45) is 7.09. The maximum atomic E-state index is 4.75. The highest BCUT2D eigenvalue weighted by Crippen LogP contribution is 2.40. The molecule has 1 aliphatic heterocycles. The molecule has 0 atom stereocenters. The summed E-state index contributed by atoms with van der Waals surface area (Å²) in [6, 6.07) is 2.16. The molecule has 4 heterocycles. The van der Waals surface area contributed by atoms with Gasteiger partial charge in [-0.05, 0) is 70.2 Å². The van der Waals surface area contributed by atoms with Crippen molar-refractivity contribution in [2.24, 2.45) is 5.92 Å². The third-order valence-corrected chi connectivity index (χ3v) is 6.86. The standard InChI is InChI=1S/C20H24N4S/c1-12-9-13(2)23-20-16(12)18-19(25-20)17(21-11-22-18)15-5-7-24(8-6-15)10-14-3-4-14/h9,11,14-15H,3-8,10H2,1-2H3. The monoisotopic (exact) mass is 352 g/mol. The van der Waals surface area contributed by atoms with Crippen LogP contribution in [0.25, 0.3) is 20.4 Å². The van der Waals surface area contributed by atoms with Crippen LogP contribution in [0.1, 0.15) is 48.6 Å². The van der Waals surface area contributed by atoms with Crippen molar-refractivity contribution in [3.8, 4) is 0 Å². The van der Waals surface area contributed by atoms with Crippen LogP contribution in [0.2, 0.25) is 0 Å². The molecular formula is C20H24N4S. The Bertz CT molecular complexity index is 936. The molecule has 130 valence electrons. The number of likely N-dealkylation sites (tertiary alicyclic amines) is 1. The van der Waals surface area contributed by atoms with Crippen LogP contribution in [0.4, 0.5) is 0 Å². The summed E-state index contributed by atoms with van der Waals surface area (Å²) in [5.41, 5.74) is 4.73. The zero-order valence-electron chi connectivity index (χ0n) is 15.0. The van der Waals surface area contributed by atoms with E-state index in [0.29, 0.717) is 5.92 Å². The second-order valence-corrected chi connectivity index (χ2v) is 8.82. The molecule has 2 fully saturated rings. The van der Waals surface area contributed by atoms with Gasteiger partial charge in [-0.3, -0.25) is 0 Å². The van der Waals surface area contributed by atoms with Crippen LogP contribution in [0.5, 0.6) is 0 Å². The van der Waals surface area contributed by atoms with Gasteiger partial charge in [0.2, 0.25) is 0 Å². The molecule has 0 N–H and O–H groups in total. The van der Waals surface area contributed by atoms with E-state index in [2.05, 4.69) is 29.8 Å². The first-order valence-corrected chi connectivity index (χ1v) is 10.2. The number of nitrogens with zero attached hydrogens (tertiary/aromatic N) is 4. The Morgan fingerprint density at radius 3 is 2.68 bits per heavy atom. The summed E-state index contributed by atoms with van der Waals surface area (Å²) in [7, 11) is 0. The largest absolute Gasteiger partial charge is 0.303 e. The molecule has 4 nitrogen and oxygen atoms in total. The number of rotatable bonds is 3. The molecule has 1 aliphatic carbocycles. The normalized spacial score (nSPS) is 19.9. The van der Waals surface area contributed by atoms with Crippen LogP contribution in [0.3, 0.4) is 0 Å². The van der Waals surface area contributed by atoms with E-state index in [9.17, 15) is 0 Å². The molecule has 0 radical (unpaired) electrons. The number of thiophene rings is 1. The molecule has 1 saturated carbocycles. The molecule has 25 heavy (non-hydrogen) atoms. The summed E-state index contributed by atoms with van der Waals surface area (Å²) in [6.45, 7) is 7.99. The maximum Gasteiger partial charge on any atom is 0.126 e. The van der Waals surface area contributed by atoms with Gasteiger partial charge in [-0.15, -0.1) is 11.3 Å². The van der Waals surface area contributed by atoms with Gasteiger partial charge in [0.25, 0.3) is 0 Å². The highest BCUT2D eigenvalue weighted by atomic mass is 32.1. The van der Waals surface area contributed by atoms with E-state index >= 15 is 0 Å². The minimum absolute atomic E-state index is 0.565. The molecule has 5 rings (SSSR count). The topological polar surface area (TPSA) is 41.9 Å². The zero-order valence-corrected chi connectivity index (χ0v) is 15.8. The third kappa shape index (κ3) is 2.83. The van der Waals surface area contributed by atoms with Gasteiger partial charge in [0.1, 0.15) is 11.2 Å². The van der Waals surface area contributed by atoms with Gasteiger partial charge in [0.15, 0.2) is 0 Å². The van der Waals surface area contributed by atoms with Crippen molar-refractivity contribution in [2.75, 3.05) is 19.6 Å². The van der Waals surface area contributed by atoms with Crippen LogP contribution in [0, 0.1) is 19.8 Å². The number of hydrogen-bond acceptors (Lipinski definition) is 5. The summed E-state index contributed by atoms with van der Waals surface area (Å²) in [5, 5.41) is 1.22. The molecule has 0 unspecified atom stereocenters. The minimum Gasteiger partial charge on any atom is -0.303 e. The maximum absolute atomic E-state index is 4.75. The SMILES string of the molecule is Cc1cc(C)c2c(n1)sc1c(C3CCN(CC4CC4)CC3)ncnc12. The fraction of sp³-hybridized carbons (Fsp3) is 0.550. The smallest absolute Gasteiger partial charge is 0.126 e. The summed E-state index contributed by atoms with van der Waals surface area (Å²) in [4.78, 5) is 17.9. The highest BCUT2D eigenvalue weighted by molar-refractivity contribution is 7.25. The van der Waals surface area contributed by atoms with Crippen LogP contribution >= 0.6 is 11.3 Å². The van der Waals surface area contributed by atoms with Crippen molar-refractivity contribution in [3.05, 3.63) is 29.3 Å². The summed E-state index contributed by atoms with van der Waals surface area (Å²) >= 11 is 1.78. The van der Waals surface area contributed by atoms with E-state index < -0.39 is 0 Å². The van der Waals surface area contributed by atoms with Gasteiger partial charge >= 0.3 is 0 Å². The van der Waals surface area contributed by atoms with Crippen molar-refractivity contribution in [1.82, 2.24) is 19.9 Å². The summed E-state index contributed by atoms with van der Waals surface area (Å²) < 4.78 is 1.26. The Kier molecular flexibility index (Phi) is 3.75. The van der Waals surface area contributed by atoms with Crippen LogP contribution in [0.15, 0.2) is 12.4 Å². The lowest BCUT2D eigenvalue weighted by Gasteiger charge is -2.31. The molecule has 5 heteroatoms. The predicted molar refractivity (Wildman–Crippen MR) is 103 cm³/mol. The second kappa shape index (κ2) is 5.99. The van der Waals surface area contributed by atoms with E-state index in [-0.39, 0.29) is 0 Å². The van der Waals surface area contributed by atoms with Crippen molar-refractivity contribution < 1.29 is 0 Å². The third-order valence-electron chi connectivity index (χ3n) is 5.77. The first-order chi connectivity index (χ1) is 12.2. The molecule has 2 aliphatic rings. The number of aromatic nitrogens is 3. The molecule has 3 aromatic heterocycles. The lowest BCUT2D eigenvalue weighted by molar-refractivity contribution is 0.204. The van der Waals surface area contributed by atoms with Gasteiger partial charge in [-0.25, -0.2) is 15.0 Å². The number of aryl methyl sites for hydroxylation is 2. The van der Waals surface area contributed by atoms with E-state index in [1.807, 2.05) is 0 Å². The number of fused-ring (bicyclic) bond motifs is 3. The Hall–Kier alpha value is -1.59. The summed E-state index contributed by atoms with van der Waals surface area (Å²) in [5.74, 6) is 1.55. The van der Waals surface area contributed by atoms with Gasteiger partial charge < -0.3 is 4.90 Å². The molecule has 1 saturated heterocycles. The first kappa shape index (κ1) is 15.6. The Morgan fingerprint density at radius 2 is 1.92 bits per heavy atom. The number of hydrogen-bond donors (Lipinski definition) is 0. The molecule has 0 amide bonds. The molecule has 0 bridgehead atoms. The molecule has 0 spiro atoms. The van der Waals surface area contributed by atoms with Gasteiger partial charge in [0, 0.05) is 23.5 Å². The molecule has 0 aromatic carbocycles. The van der Waals surface area contributed by atoms with Crippen molar-refractivity contribution >= 4 is 31.8 Å². The molecule has 3 aromatic rings. The fourth-order valence-corrected chi connectivity index (χ4v) is 5.59. The average Bonchev–Trinajstić information content (AvgIpc) is 3.32. The number of pyridine rings is 1. The van der Waals surface area contributed by atoms with E-state index in [1.165, 1.54) is 66.7 Å². The van der Waals surface area contributed by atoms with Crippen molar-refractivity contribution in [2.45, 2.75) is 45.4 Å². The van der Waals surface area contributed by atoms with Gasteiger partial charge in [-0.1, -0.05) is 0 Å². The first-order valence-electron chi connectivity index (χ1n) is 9.43. The lowest BCUT2D eigenvalue weighted by Crippen LogP contribution is -2.34. The quantitative estimate of drug-likeness (QED) is 0.698. The molecular weight excluding hydrogens is 328 g/mol. The van der Waals surface area contributed by atoms with E-state index in [0.717, 1.165) is 22.0 Å². The van der Waals surface area contributed by atoms with E-state index in [1.54, 1.807) is 17.7 Å². The average molecular weight is 353 g/mol. The predicted octanol–water partition coefficient (Wildman–Crippen LogP) is 4.45. The van der Waals surface area contributed by atoms with Crippen LogP contribution in [-0.4, -0.2) is 39.5 Å². The highest BCUT2D eigenvalue weighted by Gasteiger charge is 2.29. The fourth-order valence-electron chi connectivity index (χ4n) is 4.27. The Morgan fingerprint density at radius 1 is 1.12 bits per heavy atom. The second-order valence-electron chi connectivity index (χ2n) is 7.82. The minimum atomic E-state index is 0.565. The van der Waals surface area contributed by atoms with Gasteiger partial charge in [-0.2, -0.15) is 0 Å². The van der Waals surface area contributed by atoms with Crippen molar-refractivity contribution in [3.63, 3.8) is 0 Å². The van der Waals surface area contributed by atoms with Crippen LogP contribution in [-0.2, 0) is 0 Å². The Balaban J connectivity index is 1.50. The van der Waals surface area contributed by atoms with Gasteiger partial charge in [0.05, 0.1) is 15.9 Å². The van der Waals surface area contributed by atoms with Crippen molar-refractivity contribution in [1.29, 1.82) is 0 Å². The Labute approximate surface area is 152 Å².